The highest BCUT2D eigenvalue weighted by atomic mass is 16.3. The van der Waals surface area contributed by atoms with Crippen LogP contribution in [0.25, 0.3) is 0 Å². The number of hydrogen-bond donors (Lipinski definition) is 1. The number of aliphatic hydroxyl groups is 1. The smallest absolute Gasteiger partial charge is 0.144 e. The van der Waals surface area contributed by atoms with E-state index in [9.17, 15) is 5.11 Å². The largest absolute Gasteiger partial charge is 0.371 e. The summed E-state index contributed by atoms with van der Waals surface area (Å²) in [6.45, 7) is 8.40. The molecule has 2 nitrogen and oxygen atoms in total. The third-order valence-corrected chi connectivity index (χ3v) is 3.82. The molecule has 19 heavy (non-hydrogen) atoms. The molecule has 1 N–H and O–H groups in total. The summed E-state index contributed by atoms with van der Waals surface area (Å²) < 4.78 is 0. The van der Waals surface area contributed by atoms with E-state index < -0.39 is 5.72 Å². The van der Waals surface area contributed by atoms with Gasteiger partial charge in [0.05, 0.1) is 0 Å². The van der Waals surface area contributed by atoms with Crippen molar-refractivity contribution in [2.75, 3.05) is 13.1 Å². The molecule has 0 aromatic heterocycles. The van der Waals surface area contributed by atoms with E-state index in [4.69, 9.17) is 0 Å². The lowest BCUT2D eigenvalue weighted by atomic mass is 9.97. The molecule has 0 saturated carbocycles. The van der Waals surface area contributed by atoms with Gasteiger partial charge < -0.3 is 5.11 Å². The highest BCUT2D eigenvalue weighted by Crippen LogP contribution is 2.29. The van der Waals surface area contributed by atoms with Crippen LogP contribution < -0.4 is 0 Å². The second kappa shape index (κ2) is 8.34. The third kappa shape index (κ3) is 4.32. The average molecular weight is 263 g/mol. The zero-order valence-electron chi connectivity index (χ0n) is 12.7. The van der Waals surface area contributed by atoms with Crippen LogP contribution in [-0.2, 0) is 5.72 Å². The van der Waals surface area contributed by atoms with Crippen LogP contribution in [0.15, 0.2) is 30.3 Å². The van der Waals surface area contributed by atoms with Crippen molar-refractivity contribution >= 4 is 0 Å². The van der Waals surface area contributed by atoms with Gasteiger partial charge in [-0.15, -0.1) is 0 Å². The van der Waals surface area contributed by atoms with E-state index in [2.05, 4.69) is 25.7 Å². The molecule has 2 heteroatoms. The molecule has 1 aromatic carbocycles. The molecule has 0 aliphatic carbocycles. The molecule has 1 aromatic rings. The Balaban J connectivity index is 2.92. The number of hydrogen-bond acceptors (Lipinski definition) is 2. The predicted molar refractivity (Wildman–Crippen MR) is 82.0 cm³/mol. The van der Waals surface area contributed by atoms with Crippen molar-refractivity contribution in [3.63, 3.8) is 0 Å². The summed E-state index contributed by atoms with van der Waals surface area (Å²) in [6, 6.07) is 10.1. The van der Waals surface area contributed by atoms with E-state index in [1.54, 1.807) is 0 Å². The lowest BCUT2D eigenvalue weighted by molar-refractivity contribution is -0.120. The van der Waals surface area contributed by atoms with Gasteiger partial charge in [0.1, 0.15) is 5.72 Å². The fourth-order valence-electron chi connectivity index (χ4n) is 2.50. The van der Waals surface area contributed by atoms with Gasteiger partial charge in [0, 0.05) is 13.1 Å². The van der Waals surface area contributed by atoms with Crippen LogP contribution in [0.4, 0.5) is 0 Å². The van der Waals surface area contributed by atoms with Gasteiger partial charge in [-0.3, -0.25) is 4.90 Å². The van der Waals surface area contributed by atoms with Gasteiger partial charge in [0.15, 0.2) is 0 Å². The van der Waals surface area contributed by atoms with Crippen LogP contribution in [0, 0.1) is 0 Å². The summed E-state index contributed by atoms with van der Waals surface area (Å²) in [5.41, 5.74) is 0.204. The second-order valence-electron chi connectivity index (χ2n) is 5.23. The molecule has 0 aliphatic heterocycles. The molecular weight excluding hydrogens is 234 g/mol. The zero-order chi connectivity index (χ0) is 14.1. The van der Waals surface area contributed by atoms with E-state index in [-0.39, 0.29) is 0 Å². The summed E-state index contributed by atoms with van der Waals surface area (Å²) >= 11 is 0. The minimum Gasteiger partial charge on any atom is -0.371 e. The molecule has 0 fully saturated rings. The van der Waals surface area contributed by atoms with Crippen LogP contribution in [-0.4, -0.2) is 23.1 Å². The predicted octanol–water partition coefficient (Wildman–Crippen LogP) is 4.14. The van der Waals surface area contributed by atoms with Gasteiger partial charge in [-0.2, -0.15) is 0 Å². The number of rotatable bonds is 9. The first-order valence-corrected chi connectivity index (χ1v) is 7.72. The fourth-order valence-corrected chi connectivity index (χ4v) is 2.50. The van der Waals surface area contributed by atoms with Crippen molar-refractivity contribution in [2.45, 2.75) is 58.6 Å². The first-order chi connectivity index (χ1) is 9.19. The monoisotopic (exact) mass is 263 g/mol. The first-order valence-electron chi connectivity index (χ1n) is 7.72. The van der Waals surface area contributed by atoms with Crippen molar-refractivity contribution in [3.8, 4) is 0 Å². The van der Waals surface area contributed by atoms with Crippen LogP contribution in [0.3, 0.4) is 0 Å². The topological polar surface area (TPSA) is 23.5 Å². The molecule has 0 amide bonds. The van der Waals surface area contributed by atoms with E-state index in [1.165, 1.54) is 0 Å². The van der Waals surface area contributed by atoms with Crippen molar-refractivity contribution < 1.29 is 5.11 Å². The zero-order valence-corrected chi connectivity index (χ0v) is 12.7. The van der Waals surface area contributed by atoms with Crippen LogP contribution in [0.1, 0.15) is 58.4 Å². The van der Waals surface area contributed by atoms with Crippen molar-refractivity contribution in [2.24, 2.45) is 0 Å². The number of benzene rings is 1. The molecule has 0 saturated heterocycles. The minimum absolute atomic E-state index is 0.727. The summed E-state index contributed by atoms with van der Waals surface area (Å²) in [6.07, 6.45) is 5.33. The van der Waals surface area contributed by atoms with Gasteiger partial charge >= 0.3 is 0 Å². The molecule has 0 unspecified atom stereocenters. The van der Waals surface area contributed by atoms with Crippen molar-refractivity contribution in [1.29, 1.82) is 0 Å². The van der Waals surface area contributed by atoms with Crippen molar-refractivity contribution in [3.05, 3.63) is 35.9 Å². The highest BCUT2D eigenvalue weighted by molar-refractivity contribution is 5.21. The Morgan fingerprint density at radius 1 is 0.947 bits per heavy atom. The Morgan fingerprint density at radius 3 is 1.89 bits per heavy atom. The normalized spacial score (nSPS) is 14.6. The molecule has 0 heterocycles. The summed E-state index contributed by atoms with van der Waals surface area (Å²) in [5, 5.41) is 11.1. The molecular formula is C17H29NO. The Labute approximate surface area is 118 Å². The lowest BCUT2D eigenvalue weighted by Crippen LogP contribution is -2.46. The van der Waals surface area contributed by atoms with E-state index in [0.717, 1.165) is 50.8 Å². The minimum atomic E-state index is -0.814. The number of nitrogens with zero attached hydrogens (tertiary/aromatic N) is 1. The standard InChI is InChI=1S/C17H29NO/c1-4-7-14-18(15-8-5-2)17(19,6-3)16-12-10-9-11-13-16/h9-13,19H,4-8,14-15H2,1-3H3/t17-/m0/s1. The average Bonchev–Trinajstić information content (AvgIpc) is 2.47. The Morgan fingerprint density at radius 2 is 1.47 bits per heavy atom. The van der Waals surface area contributed by atoms with Gasteiger partial charge in [0.25, 0.3) is 0 Å². The van der Waals surface area contributed by atoms with E-state index >= 15 is 0 Å². The lowest BCUT2D eigenvalue weighted by Gasteiger charge is -2.40. The maximum Gasteiger partial charge on any atom is 0.144 e. The fraction of sp³-hybridized carbons (Fsp3) is 0.647. The maximum absolute atomic E-state index is 11.1. The molecule has 108 valence electrons. The Kier molecular flexibility index (Phi) is 7.11. The number of unbranched alkanes of at least 4 members (excludes halogenated alkanes) is 2. The first kappa shape index (κ1) is 16.2. The van der Waals surface area contributed by atoms with E-state index in [1.807, 2.05) is 30.3 Å². The summed E-state index contributed by atoms with van der Waals surface area (Å²) in [7, 11) is 0. The summed E-state index contributed by atoms with van der Waals surface area (Å²) in [4.78, 5) is 2.26. The molecule has 1 rings (SSSR count). The van der Waals surface area contributed by atoms with Crippen LogP contribution in [0.5, 0.6) is 0 Å². The van der Waals surface area contributed by atoms with Crippen LogP contribution in [0.2, 0.25) is 0 Å². The van der Waals surface area contributed by atoms with E-state index in [0.29, 0.717) is 0 Å². The van der Waals surface area contributed by atoms with Gasteiger partial charge in [0.2, 0.25) is 0 Å². The summed E-state index contributed by atoms with van der Waals surface area (Å²) in [5.74, 6) is 0. The maximum atomic E-state index is 11.1. The van der Waals surface area contributed by atoms with Gasteiger partial charge in [-0.05, 0) is 24.8 Å². The Hall–Kier alpha value is -0.860. The van der Waals surface area contributed by atoms with Crippen LogP contribution >= 0.6 is 0 Å². The molecule has 0 radical (unpaired) electrons. The molecule has 0 aliphatic rings. The molecule has 0 spiro atoms. The van der Waals surface area contributed by atoms with Gasteiger partial charge in [-0.1, -0.05) is 63.9 Å². The third-order valence-electron chi connectivity index (χ3n) is 3.82. The van der Waals surface area contributed by atoms with Crippen molar-refractivity contribution in [1.82, 2.24) is 4.90 Å². The molecule has 0 bridgehead atoms. The quantitative estimate of drug-likeness (QED) is 0.677. The highest BCUT2D eigenvalue weighted by Gasteiger charge is 2.33. The SMILES string of the molecule is CCCCN(CCCC)[C@](O)(CC)c1ccccc1. The second-order valence-corrected chi connectivity index (χ2v) is 5.23. The Bertz CT molecular complexity index is 330. The molecule has 1 atom stereocenters. The van der Waals surface area contributed by atoms with Gasteiger partial charge in [-0.25, -0.2) is 0 Å².